The highest BCUT2D eigenvalue weighted by Gasteiger charge is 2.27. The van der Waals surface area contributed by atoms with E-state index >= 15 is 0 Å². The lowest BCUT2D eigenvalue weighted by molar-refractivity contribution is -0.121. The van der Waals surface area contributed by atoms with Crippen LogP contribution in [0.3, 0.4) is 0 Å². The SMILES string of the molecule is CCC1CC1.CCC1CC1.CCC1CC1.CCC1CC1.CCC1CC1.CCC1CC1.CCC1CC1.CCC1CC1.CCC1CC1.CCC1CC1.CCC1CC1.CCC1CC1.CCC1CC1.CCC1CC1.CCC1CC1.CCCCC(=O)NC1CC1.CCCCCCNCC1CC1.CCCCCCOCNC1CC1.CCCCCOCNC1CC1.CCCCOCNC1CC1.S. The molecule has 0 heterocycles. The molecule has 0 spiro atoms. The summed E-state index contributed by atoms with van der Waals surface area (Å²) in [6.07, 6.45) is 99.8. The highest BCUT2D eigenvalue weighted by molar-refractivity contribution is 7.59. The minimum atomic E-state index is 0. The molecule has 0 aromatic carbocycles. The van der Waals surface area contributed by atoms with Gasteiger partial charge in [-0.05, 0) is 204 Å². The molecule has 780 valence electrons. The van der Waals surface area contributed by atoms with Crippen LogP contribution in [0.2, 0.25) is 0 Å². The molecule has 20 fully saturated rings. The highest BCUT2D eigenvalue weighted by Crippen LogP contribution is 2.39. The Balaban J connectivity index is 0.00000136. The number of nitrogens with one attached hydrogen (secondary N) is 5. The molecule has 20 aliphatic rings. The first-order valence-electron chi connectivity index (χ1n) is 60.0. The number of unbranched alkanes of at least 4 members (excludes halogenated alkanes) is 10. The first-order valence-corrected chi connectivity index (χ1v) is 60.0. The third kappa shape index (κ3) is 122. The van der Waals surface area contributed by atoms with Crippen molar-refractivity contribution < 1.29 is 19.0 Å². The van der Waals surface area contributed by atoms with Crippen LogP contribution < -0.4 is 26.6 Å². The zero-order valence-electron chi connectivity index (χ0n) is 92.5. The van der Waals surface area contributed by atoms with E-state index in [9.17, 15) is 4.79 Å². The summed E-state index contributed by atoms with van der Waals surface area (Å²) in [5.74, 6) is 18.3. The molecule has 0 aliphatic heterocycles. The molecule has 1 amide bonds. The van der Waals surface area contributed by atoms with E-state index in [0.29, 0.717) is 12.5 Å². The minimum absolute atomic E-state index is 0. The zero-order chi connectivity index (χ0) is 94.6. The van der Waals surface area contributed by atoms with E-state index in [-0.39, 0.29) is 19.4 Å². The second-order valence-electron chi connectivity index (χ2n) is 44.1. The summed E-state index contributed by atoms with van der Waals surface area (Å²) in [6, 6.07) is 2.87. The molecule has 20 rings (SSSR count). The number of rotatable bonds is 47. The fourth-order valence-electron chi connectivity index (χ4n) is 13.0. The van der Waals surface area contributed by atoms with Gasteiger partial charge in [0.25, 0.3) is 0 Å². The maximum Gasteiger partial charge on any atom is 0.220 e. The zero-order valence-corrected chi connectivity index (χ0v) is 93.5. The number of ether oxygens (including phenoxy) is 3. The average molecular weight is 1850 g/mol. The molecule has 5 N–H and O–H groups in total. The fourth-order valence-corrected chi connectivity index (χ4v) is 13.0. The molecule has 0 aromatic heterocycles. The van der Waals surface area contributed by atoms with E-state index in [0.717, 1.165) is 166 Å². The van der Waals surface area contributed by atoms with Gasteiger partial charge in [0.05, 0.1) is 20.2 Å². The second-order valence-corrected chi connectivity index (χ2v) is 44.1. The summed E-state index contributed by atoms with van der Waals surface area (Å²) in [7, 11) is 0. The van der Waals surface area contributed by atoms with Crippen LogP contribution in [0, 0.1) is 94.7 Å². The maximum absolute atomic E-state index is 10.9. The van der Waals surface area contributed by atoms with Crippen LogP contribution >= 0.6 is 13.5 Å². The third-order valence-electron chi connectivity index (χ3n) is 29.0. The predicted molar refractivity (Wildman–Crippen MR) is 586 cm³/mol. The lowest BCUT2D eigenvalue weighted by Crippen LogP contribution is -2.24. The van der Waals surface area contributed by atoms with Gasteiger partial charge in [0.1, 0.15) is 0 Å². The molecular formula is C120H245N5O4S. The van der Waals surface area contributed by atoms with Crippen LogP contribution in [-0.2, 0) is 19.0 Å². The summed E-state index contributed by atoms with van der Waals surface area (Å²) in [5, 5.41) is 16.4. The van der Waals surface area contributed by atoms with Gasteiger partial charge < -0.3 is 24.8 Å². The van der Waals surface area contributed by atoms with E-state index in [1.165, 1.54) is 450 Å². The van der Waals surface area contributed by atoms with Crippen LogP contribution in [0.5, 0.6) is 0 Å². The largest absolute Gasteiger partial charge is 0.366 e. The average Bonchev–Trinajstić information content (AvgIpc) is 1.78. The molecular weight excluding hydrogens is 1610 g/mol. The number of carbonyl (C=O) groups excluding carboxylic acids is 1. The number of carbonyl (C=O) groups is 1. The molecule has 0 aromatic rings. The van der Waals surface area contributed by atoms with E-state index in [1.54, 1.807) is 0 Å². The third-order valence-corrected chi connectivity index (χ3v) is 29.0. The van der Waals surface area contributed by atoms with Crippen molar-refractivity contribution in [2.45, 2.75) is 619 Å². The van der Waals surface area contributed by atoms with Gasteiger partial charge in [0.15, 0.2) is 0 Å². The molecule has 130 heavy (non-hydrogen) atoms. The molecule has 0 bridgehead atoms. The first kappa shape index (κ1) is 130. The van der Waals surface area contributed by atoms with Crippen molar-refractivity contribution in [2.75, 3.05) is 53.1 Å². The second kappa shape index (κ2) is 93.5. The summed E-state index contributed by atoms with van der Waals surface area (Å²) < 4.78 is 16.1. The van der Waals surface area contributed by atoms with Crippen molar-refractivity contribution in [3.05, 3.63) is 0 Å². The molecule has 0 atom stereocenters. The van der Waals surface area contributed by atoms with Gasteiger partial charge >= 0.3 is 0 Å². The summed E-state index contributed by atoms with van der Waals surface area (Å²) in [5.41, 5.74) is 0. The van der Waals surface area contributed by atoms with Crippen molar-refractivity contribution in [2.24, 2.45) is 94.7 Å². The van der Waals surface area contributed by atoms with Crippen molar-refractivity contribution in [1.82, 2.24) is 26.6 Å². The molecule has 0 saturated heterocycles. The van der Waals surface area contributed by atoms with Crippen LogP contribution in [-0.4, -0.2) is 83.2 Å². The molecule has 10 heteroatoms. The summed E-state index contributed by atoms with van der Waals surface area (Å²) >= 11 is 0. The Morgan fingerprint density at radius 1 is 0.208 bits per heavy atom. The Kier molecular flexibility index (Phi) is 93.2. The Bertz CT molecular complexity index is 1830. The van der Waals surface area contributed by atoms with Gasteiger partial charge in [0.2, 0.25) is 5.91 Å². The topological polar surface area (TPSA) is 105 Å². The van der Waals surface area contributed by atoms with Crippen molar-refractivity contribution in [3.8, 4) is 0 Å². The van der Waals surface area contributed by atoms with Gasteiger partial charge in [-0.1, -0.05) is 492 Å². The van der Waals surface area contributed by atoms with Crippen LogP contribution in [0.25, 0.3) is 0 Å². The molecule has 0 radical (unpaired) electrons. The van der Waals surface area contributed by atoms with Crippen LogP contribution in [0.1, 0.15) is 594 Å². The van der Waals surface area contributed by atoms with Gasteiger partial charge in [-0.3, -0.25) is 20.7 Å². The smallest absolute Gasteiger partial charge is 0.220 e. The Morgan fingerprint density at radius 3 is 0.569 bits per heavy atom. The first-order chi connectivity index (χ1) is 63.0. The Morgan fingerprint density at radius 2 is 0.392 bits per heavy atom. The molecule has 20 saturated carbocycles. The Labute approximate surface area is 826 Å². The van der Waals surface area contributed by atoms with Gasteiger partial charge in [0, 0.05) is 50.4 Å². The monoisotopic (exact) mass is 1850 g/mol. The van der Waals surface area contributed by atoms with E-state index < -0.39 is 0 Å². The lowest BCUT2D eigenvalue weighted by atomic mass is 10.2. The van der Waals surface area contributed by atoms with E-state index in [4.69, 9.17) is 14.2 Å². The highest BCUT2D eigenvalue weighted by atomic mass is 32.1. The maximum atomic E-state index is 10.9. The molecule has 0 unspecified atom stereocenters. The van der Waals surface area contributed by atoms with Crippen molar-refractivity contribution >= 4 is 19.4 Å². The number of amides is 1. The number of hydrogen-bond donors (Lipinski definition) is 5. The quantitative estimate of drug-likeness (QED) is 0.0303. The summed E-state index contributed by atoms with van der Waals surface area (Å²) in [6.45, 7) is 52.5. The summed E-state index contributed by atoms with van der Waals surface area (Å²) in [4.78, 5) is 10.9. The molecule has 20 aliphatic carbocycles. The van der Waals surface area contributed by atoms with E-state index in [1.807, 2.05) is 0 Å². The minimum Gasteiger partial charge on any atom is -0.366 e. The Hall–Kier alpha value is -0.460. The van der Waals surface area contributed by atoms with Crippen LogP contribution in [0.15, 0.2) is 0 Å². The number of hydrogen-bond acceptors (Lipinski definition) is 8. The van der Waals surface area contributed by atoms with Crippen LogP contribution in [0.4, 0.5) is 0 Å². The molecule has 9 nitrogen and oxygen atoms in total. The van der Waals surface area contributed by atoms with Gasteiger partial charge in [-0.15, -0.1) is 0 Å². The van der Waals surface area contributed by atoms with Crippen molar-refractivity contribution in [1.29, 1.82) is 0 Å². The fraction of sp³-hybridized carbons (Fsp3) is 0.992. The predicted octanol–water partition coefficient (Wildman–Crippen LogP) is 36.9. The van der Waals surface area contributed by atoms with Gasteiger partial charge in [-0.2, -0.15) is 13.5 Å². The van der Waals surface area contributed by atoms with Crippen molar-refractivity contribution in [3.63, 3.8) is 0 Å². The standard InChI is InChI=1S/C10H21NO.C10H21N.C9H19NO.C8H17NO.C8H15NO.15C5H10.H2S/c1-2-3-4-5-8-12-9-11-10-6-7-10;1-2-3-4-5-8-11-9-10-6-7-10;1-2-3-4-7-11-8-10-9-5-6-9;1-2-3-6-10-7-9-8-4-5-8;1-2-3-4-8(10)9-7-5-6-7;15*1-2-5-3-4-5;/h10-11H,2-9H2,1H3;10-11H,2-9H2,1H3;9-10H,2-8H2,1H3;8-9H,2-7H2,1H3;7H,2-6H2,1H3,(H,9,10);15*5H,2-4H2,1H3;1H2. The normalized spacial score (nSPS) is 20.6. The van der Waals surface area contributed by atoms with Gasteiger partial charge in [-0.25, -0.2) is 0 Å². The van der Waals surface area contributed by atoms with E-state index in [2.05, 4.69) is 165 Å². The lowest BCUT2D eigenvalue weighted by Gasteiger charge is -2.04.